The van der Waals surface area contributed by atoms with Crippen LogP contribution >= 0.6 is 0 Å². The standard InChI is InChI=1S/C28H24/c1-20(2)23-17-11-19-26-27(23)24-16-9-10-18-25(24)28(26,21-12-5-3-6-13-21)22-14-7-4-8-15-22/h3-20H,1-2H3. The summed E-state index contributed by atoms with van der Waals surface area (Å²) in [5.41, 5.74) is 9.38. The largest absolute Gasteiger partial charge is 0.0713 e. The molecule has 0 heteroatoms. The molecule has 4 aromatic carbocycles. The molecule has 0 aliphatic heterocycles. The minimum Gasteiger partial charge on any atom is -0.0622 e. The smallest absolute Gasteiger partial charge is 0.0622 e. The Morgan fingerprint density at radius 1 is 0.536 bits per heavy atom. The second-order valence-corrected chi connectivity index (χ2v) is 7.95. The highest BCUT2D eigenvalue weighted by Gasteiger charge is 2.46. The van der Waals surface area contributed by atoms with Gasteiger partial charge in [-0.05, 0) is 44.9 Å². The van der Waals surface area contributed by atoms with Crippen molar-refractivity contribution in [3.63, 3.8) is 0 Å². The molecule has 0 N–H and O–H groups in total. The topological polar surface area (TPSA) is 0 Å². The first-order valence-electron chi connectivity index (χ1n) is 10.1. The van der Waals surface area contributed by atoms with Crippen LogP contribution in [-0.4, -0.2) is 0 Å². The SMILES string of the molecule is CC(C)c1cccc2c1-c1ccccc1C2(c1ccccc1)c1ccccc1. The summed E-state index contributed by atoms with van der Waals surface area (Å²) in [6.45, 7) is 4.59. The molecule has 0 saturated heterocycles. The molecule has 1 aliphatic rings. The number of benzene rings is 4. The van der Waals surface area contributed by atoms with Gasteiger partial charge in [-0.1, -0.05) is 117 Å². The Hall–Kier alpha value is -3.12. The predicted octanol–water partition coefficient (Wildman–Crippen LogP) is 7.17. The fraction of sp³-hybridized carbons (Fsp3) is 0.143. The summed E-state index contributed by atoms with van der Waals surface area (Å²) in [7, 11) is 0. The molecule has 28 heavy (non-hydrogen) atoms. The summed E-state index contributed by atoms with van der Waals surface area (Å²) >= 11 is 0. The van der Waals surface area contributed by atoms with Crippen molar-refractivity contribution in [3.8, 4) is 11.1 Å². The number of hydrogen-bond acceptors (Lipinski definition) is 0. The van der Waals surface area contributed by atoms with Crippen molar-refractivity contribution in [2.45, 2.75) is 25.2 Å². The maximum absolute atomic E-state index is 2.33. The third kappa shape index (κ3) is 2.24. The first kappa shape index (κ1) is 17.0. The lowest BCUT2D eigenvalue weighted by Crippen LogP contribution is -2.28. The quantitative estimate of drug-likeness (QED) is 0.320. The van der Waals surface area contributed by atoms with Gasteiger partial charge in [0.15, 0.2) is 0 Å². The third-order valence-corrected chi connectivity index (χ3v) is 6.14. The average Bonchev–Trinajstić information content (AvgIpc) is 3.06. The zero-order valence-electron chi connectivity index (χ0n) is 16.4. The fourth-order valence-corrected chi connectivity index (χ4v) is 5.00. The Morgan fingerprint density at radius 2 is 1.07 bits per heavy atom. The van der Waals surface area contributed by atoms with Crippen molar-refractivity contribution in [1.29, 1.82) is 0 Å². The second-order valence-electron chi connectivity index (χ2n) is 7.95. The molecule has 0 heterocycles. The van der Waals surface area contributed by atoms with Crippen molar-refractivity contribution in [2.75, 3.05) is 0 Å². The van der Waals surface area contributed by atoms with E-state index in [0.717, 1.165) is 0 Å². The summed E-state index contributed by atoms with van der Waals surface area (Å²) in [5.74, 6) is 0.477. The highest BCUT2D eigenvalue weighted by Crippen LogP contribution is 2.57. The zero-order chi connectivity index (χ0) is 19.1. The lowest BCUT2D eigenvalue weighted by atomic mass is 9.67. The van der Waals surface area contributed by atoms with Crippen molar-refractivity contribution in [1.82, 2.24) is 0 Å². The Kier molecular flexibility index (Phi) is 3.94. The van der Waals surface area contributed by atoms with Crippen LogP contribution in [0.1, 0.15) is 47.6 Å². The third-order valence-electron chi connectivity index (χ3n) is 6.14. The minimum atomic E-state index is -0.278. The number of rotatable bonds is 3. The normalized spacial score (nSPS) is 14.0. The summed E-state index contributed by atoms with van der Waals surface area (Å²) in [6, 6.07) is 37.8. The van der Waals surface area contributed by atoms with Crippen LogP contribution in [0.3, 0.4) is 0 Å². The molecule has 0 saturated carbocycles. The molecule has 0 bridgehead atoms. The molecule has 0 fully saturated rings. The van der Waals surface area contributed by atoms with E-state index in [0.29, 0.717) is 5.92 Å². The van der Waals surface area contributed by atoms with Gasteiger partial charge < -0.3 is 0 Å². The summed E-state index contributed by atoms with van der Waals surface area (Å²) in [4.78, 5) is 0. The lowest BCUT2D eigenvalue weighted by Gasteiger charge is -2.34. The Balaban J connectivity index is 1.99. The molecular formula is C28H24. The Labute approximate surface area is 167 Å². The van der Waals surface area contributed by atoms with Gasteiger partial charge in [-0.15, -0.1) is 0 Å². The van der Waals surface area contributed by atoms with Crippen LogP contribution in [0.5, 0.6) is 0 Å². The van der Waals surface area contributed by atoms with Gasteiger partial charge in [-0.2, -0.15) is 0 Å². The van der Waals surface area contributed by atoms with Crippen LogP contribution in [-0.2, 0) is 5.41 Å². The molecule has 0 aromatic heterocycles. The van der Waals surface area contributed by atoms with Gasteiger partial charge in [-0.3, -0.25) is 0 Å². The molecule has 0 amide bonds. The highest BCUT2D eigenvalue weighted by molar-refractivity contribution is 5.88. The maximum Gasteiger partial charge on any atom is 0.0713 e. The average molecular weight is 361 g/mol. The van der Waals surface area contributed by atoms with E-state index in [1.54, 1.807) is 0 Å². The van der Waals surface area contributed by atoms with Gasteiger partial charge in [0.2, 0.25) is 0 Å². The van der Waals surface area contributed by atoms with Gasteiger partial charge >= 0.3 is 0 Å². The van der Waals surface area contributed by atoms with E-state index in [1.807, 2.05) is 0 Å². The monoisotopic (exact) mass is 360 g/mol. The highest BCUT2D eigenvalue weighted by atomic mass is 14.5. The van der Waals surface area contributed by atoms with E-state index in [2.05, 4.69) is 117 Å². The van der Waals surface area contributed by atoms with E-state index in [1.165, 1.54) is 38.9 Å². The van der Waals surface area contributed by atoms with Crippen molar-refractivity contribution < 1.29 is 0 Å². The van der Waals surface area contributed by atoms with Crippen LogP contribution in [0.2, 0.25) is 0 Å². The van der Waals surface area contributed by atoms with Crippen LogP contribution in [0.15, 0.2) is 103 Å². The molecule has 5 rings (SSSR count). The molecule has 0 nitrogen and oxygen atoms in total. The fourth-order valence-electron chi connectivity index (χ4n) is 5.00. The van der Waals surface area contributed by atoms with Gasteiger partial charge in [0.1, 0.15) is 0 Å². The van der Waals surface area contributed by atoms with Crippen LogP contribution in [0, 0.1) is 0 Å². The molecular weight excluding hydrogens is 336 g/mol. The number of hydrogen-bond donors (Lipinski definition) is 0. The van der Waals surface area contributed by atoms with E-state index >= 15 is 0 Å². The maximum atomic E-state index is 2.33. The van der Waals surface area contributed by atoms with Crippen molar-refractivity contribution >= 4 is 0 Å². The van der Waals surface area contributed by atoms with Crippen molar-refractivity contribution in [3.05, 3.63) is 131 Å². The van der Waals surface area contributed by atoms with Gasteiger partial charge in [-0.25, -0.2) is 0 Å². The molecule has 0 atom stereocenters. The minimum absolute atomic E-state index is 0.278. The molecule has 0 unspecified atom stereocenters. The van der Waals surface area contributed by atoms with E-state index < -0.39 is 0 Å². The molecule has 0 radical (unpaired) electrons. The summed E-state index contributed by atoms with van der Waals surface area (Å²) < 4.78 is 0. The predicted molar refractivity (Wildman–Crippen MR) is 118 cm³/mol. The van der Waals surface area contributed by atoms with E-state index in [4.69, 9.17) is 0 Å². The Morgan fingerprint density at radius 3 is 1.68 bits per heavy atom. The van der Waals surface area contributed by atoms with Gasteiger partial charge in [0, 0.05) is 0 Å². The van der Waals surface area contributed by atoms with E-state index in [9.17, 15) is 0 Å². The van der Waals surface area contributed by atoms with Crippen molar-refractivity contribution in [2.24, 2.45) is 0 Å². The molecule has 1 aliphatic carbocycles. The summed E-state index contributed by atoms with van der Waals surface area (Å²) in [5, 5.41) is 0. The molecule has 4 aromatic rings. The first-order valence-corrected chi connectivity index (χ1v) is 10.1. The van der Waals surface area contributed by atoms with Crippen LogP contribution in [0.4, 0.5) is 0 Å². The van der Waals surface area contributed by atoms with Crippen LogP contribution < -0.4 is 0 Å². The number of fused-ring (bicyclic) bond motifs is 3. The molecule has 136 valence electrons. The second kappa shape index (κ2) is 6.49. The Bertz CT molecular complexity index is 1080. The van der Waals surface area contributed by atoms with Crippen LogP contribution in [0.25, 0.3) is 11.1 Å². The zero-order valence-corrected chi connectivity index (χ0v) is 16.4. The first-order chi connectivity index (χ1) is 13.7. The van der Waals surface area contributed by atoms with Gasteiger partial charge in [0.25, 0.3) is 0 Å². The molecule has 0 spiro atoms. The lowest BCUT2D eigenvalue weighted by molar-refractivity contribution is 0.765. The van der Waals surface area contributed by atoms with E-state index in [-0.39, 0.29) is 5.41 Å². The summed E-state index contributed by atoms with van der Waals surface area (Å²) in [6.07, 6.45) is 0. The van der Waals surface area contributed by atoms with Gasteiger partial charge in [0.05, 0.1) is 5.41 Å².